The number of nitrogens with zero attached hydrogens (tertiary/aromatic N) is 3. The molecular formula is C10H17ClN4O. The van der Waals surface area contributed by atoms with Crippen LogP contribution in [0.4, 0.5) is 5.69 Å². The number of aromatic nitrogens is 2. The summed E-state index contributed by atoms with van der Waals surface area (Å²) in [5, 5.41) is 7.29. The molecule has 0 aromatic carbocycles. The second-order valence-corrected chi connectivity index (χ2v) is 4.10. The Morgan fingerprint density at radius 1 is 1.56 bits per heavy atom. The molecule has 0 radical (unpaired) electrons. The van der Waals surface area contributed by atoms with Crippen LogP contribution in [0.5, 0.6) is 0 Å². The molecule has 0 unspecified atom stereocenters. The van der Waals surface area contributed by atoms with E-state index in [4.69, 9.17) is 11.6 Å². The summed E-state index contributed by atoms with van der Waals surface area (Å²) >= 11 is 5.94. The summed E-state index contributed by atoms with van der Waals surface area (Å²) in [7, 11) is 3.97. The minimum absolute atomic E-state index is 0.204. The van der Waals surface area contributed by atoms with Crippen molar-refractivity contribution < 1.29 is 0 Å². The quantitative estimate of drug-likeness (QED) is 0.836. The van der Waals surface area contributed by atoms with E-state index < -0.39 is 0 Å². The molecule has 0 atom stereocenters. The van der Waals surface area contributed by atoms with E-state index in [1.807, 2.05) is 25.9 Å². The third-order valence-electron chi connectivity index (χ3n) is 2.16. The minimum atomic E-state index is -0.251. The fourth-order valence-electron chi connectivity index (χ4n) is 1.23. The summed E-state index contributed by atoms with van der Waals surface area (Å²) in [6.07, 6.45) is 1.59. The Morgan fingerprint density at radius 2 is 2.25 bits per heavy atom. The van der Waals surface area contributed by atoms with Gasteiger partial charge in [0.2, 0.25) is 0 Å². The van der Waals surface area contributed by atoms with Gasteiger partial charge in [0.15, 0.2) is 0 Å². The Bertz CT molecular complexity index is 402. The lowest BCUT2D eigenvalue weighted by atomic mass is 10.4. The number of nitrogens with one attached hydrogen (secondary N) is 1. The van der Waals surface area contributed by atoms with Crippen LogP contribution in [0.2, 0.25) is 5.02 Å². The van der Waals surface area contributed by atoms with Gasteiger partial charge in [0.1, 0.15) is 5.02 Å². The highest BCUT2D eigenvalue weighted by molar-refractivity contribution is 6.32. The van der Waals surface area contributed by atoms with Gasteiger partial charge in [-0.3, -0.25) is 4.79 Å². The maximum absolute atomic E-state index is 11.6. The van der Waals surface area contributed by atoms with E-state index >= 15 is 0 Å². The van der Waals surface area contributed by atoms with E-state index in [1.165, 1.54) is 4.68 Å². The van der Waals surface area contributed by atoms with Crippen molar-refractivity contribution in [3.63, 3.8) is 0 Å². The van der Waals surface area contributed by atoms with Gasteiger partial charge in [0.25, 0.3) is 5.56 Å². The van der Waals surface area contributed by atoms with Crippen molar-refractivity contribution in [1.29, 1.82) is 0 Å². The minimum Gasteiger partial charge on any atom is -0.381 e. The Balaban J connectivity index is 2.75. The normalized spacial score (nSPS) is 10.8. The first-order chi connectivity index (χ1) is 7.56. The molecule has 1 aromatic heterocycles. The van der Waals surface area contributed by atoms with E-state index in [-0.39, 0.29) is 10.6 Å². The molecule has 0 spiro atoms. The molecule has 6 heteroatoms. The molecule has 1 N–H and O–H groups in total. The lowest BCUT2D eigenvalue weighted by molar-refractivity contribution is 0.425. The summed E-state index contributed by atoms with van der Waals surface area (Å²) in [4.78, 5) is 13.7. The van der Waals surface area contributed by atoms with E-state index in [0.717, 1.165) is 13.1 Å². The Morgan fingerprint density at radius 3 is 2.81 bits per heavy atom. The highest BCUT2D eigenvalue weighted by Crippen LogP contribution is 2.14. The lowest BCUT2D eigenvalue weighted by Crippen LogP contribution is -2.25. The molecular weight excluding hydrogens is 228 g/mol. The third kappa shape index (κ3) is 3.21. The second-order valence-electron chi connectivity index (χ2n) is 3.72. The SMILES string of the molecule is CCn1ncc(NCCN(C)C)c(Cl)c1=O. The number of halogens is 1. The maximum Gasteiger partial charge on any atom is 0.287 e. The number of likely N-dealkylation sites (N-methyl/N-ethyl adjacent to an activating group) is 1. The van der Waals surface area contributed by atoms with Gasteiger partial charge >= 0.3 is 0 Å². The van der Waals surface area contributed by atoms with Gasteiger partial charge in [-0.2, -0.15) is 5.10 Å². The standard InChI is InChI=1S/C10H17ClN4O/c1-4-15-10(16)9(11)8(7-13-15)12-5-6-14(2)3/h7,12H,4-6H2,1-3H3. The van der Waals surface area contributed by atoms with Gasteiger partial charge in [0.05, 0.1) is 11.9 Å². The van der Waals surface area contributed by atoms with E-state index in [0.29, 0.717) is 12.2 Å². The number of anilines is 1. The van der Waals surface area contributed by atoms with Crippen LogP contribution in [-0.2, 0) is 6.54 Å². The molecule has 0 amide bonds. The lowest BCUT2D eigenvalue weighted by Gasteiger charge is -2.12. The van der Waals surface area contributed by atoms with Gasteiger partial charge in [-0.1, -0.05) is 11.6 Å². The van der Waals surface area contributed by atoms with E-state index in [2.05, 4.69) is 10.4 Å². The summed E-state index contributed by atoms with van der Waals surface area (Å²) in [5.74, 6) is 0. The predicted octanol–water partition coefficient (Wildman–Crippen LogP) is 0.890. The highest BCUT2D eigenvalue weighted by Gasteiger charge is 2.07. The van der Waals surface area contributed by atoms with Crippen molar-refractivity contribution in [2.75, 3.05) is 32.5 Å². The molecule has 1 rings (SSSR count). The summed E-state index contributed by atoms with van der Waals surface area (Å²) in [6, 6.07) is 0. The third-order valence-corrected chi connectivity index (χ3v) is 2.52. The molecule has 1 heterocycles. The van der Waals surface area contributed by atoms with Gasteiger partial charge < -0.3 is 10.2 Å². The molecule has 1 aromatic rings. The van der Waals surface area contributed by atoms with Gasteiger partial charge in [-0.05, 0) is 21.0 Å². The first-order valence-corrected chi connectivity index (χ1v) is 5.58. The summed E-state index contributed by atoms with van der Waals surface area (Å²) < 4.78 is 1.33. The Hall–Kier alpha value is -1.07. The van der Waals surface area contributed by atoms with Crippen molar-refractivity contribution >= 4 is 17.3 Å². The van der Waals surface area contributed by atoms with Crippen molar-refractivity contribution in [2.45, 2.75) is 13.5 Å². The zero-order chi connectivity index (χ0) is 12.1. The smallest absolute Gasteiger partial charge is 0.287 e. The van der Waals surface area contributed by atoms with Crippen molar-refractivity contribution in [2.24, 2.45) is 0 Å². The average molecular weight is 245 g/mol. The molecule has 0 fully saturated rings. The molecule has 0 aliphatic rings. The van der Waals surface area contributed by atoms with Crippen LogP contribution in [-0.4, -0.2) is 41.9 Å². The van der Waals surface area contributed by atoms with Crippen LogP contribution in [0.15, 0.2) is 11.0 Å². The Kier molecular flexibility index (Phi) is 4.76. The first kappa shape index (κ1) is 13.0. The van der Waals surface area contributed by atoms with E-state index in [9.17, 15) is 4.79 Å². The van der Waals surface area contributed by atoms with Gasteiger partial charge in [-0.15, -0.1) is 0 Å². The van der Waals surface area contributed by atoms with Crippen LogP contribution < -0.4 is 10.9 Å². The fraction of sp³-hybridized carbons (Fsp3) is 0.600. The molecule has 0 aliphatic carbocycles. The number of rotatable bonds is 5. The molecule has 0 bridgehead atoms. The van der Waals surface area contributed by atoms with Crippen LogP contribution in [0.3, 0.4) is 0 Å². The molecule has 0 aliphatic heterocycles. The van der Waals surface area contributed by atoms with Crippen molar-refractivity contribution in [3.8, 4) is 0 Å². The monoisotopic (exact) mass is 244 g/mol. The number of hydrogen-bond acceptors (Lipinski definition) is 4. The zero-order valence-corrected chi connectivity index (χ0v) is 10.6. The van der Waals surface area contributed by atoms with Crippen molar-refractivity contribution in [1.82, 2.24) is 14.7 Å². The largest absolute Gasteiger partial charge is 0.381 e. The Labute approximate surface area is 100 Å². The van der Waals surface area contributed by atoms with Crippen molar-refractivity contribution in [3.05, 3.63) is 21.6 Å². The maximum atomic E-state index is 11.6. The predicted molar refractivity (Wildman–Crippen MR) is 66.2 cm³/mol. The molecule has 0 saturated carbocycles. The molecule has 16 heavy (non-hydrogen) atoms. The van der Waals surface area contributed by atoms with Gasteiger partial charge in [0, 0.05) is 19.6 Å². The zero-order valence-electron chi connectivity index (χ0n) is 9.83. The topological polar surface area (TPSA) is 50.2 Å². The summed E-state index contributed by atoms with van der Waals surface area (Å²) in [5.41, 5.74) is 0.345. The number of aryl methyl sites for hydroxylation is 1. The first-order valence-electron chi connectivity index (χ1n) is 5.20. The molecule has 0 saturated heterocycles. The van der Waals surface area contributed by atoms with Crippen LogP contribution in [0.25, 0.3) is 0 Å². The van der Waals surface area contributed by atoms with E-state index in [1.54, 1.807) is 6.20 Å². The number of hydrogen-bond donors (Lipinski definition) is 1. The molecule has 5 nitrogen and oxygen atoms in total. The van der Waals surface area contributed by atoms with Crippen LogP contribution in [0, 0.1) is 0 Å². The summed E-state index contributed by atoms with van der Waals surface area (Å²) in [6.45, 7) is 3.97. The average Bonchev–Trinajstić information content (AvgIpc) is 2.24. The second kappa shape index (κ2) is 5.86. The fourth-order valence-corrected chi connectivity index (χ4v) is 1.44. The highest BCUT2D eigenvalue weighted by atomic mass is 35.5. The molecule has 90 valence electrons. The van der Waals surface area contributed by atoms with Crippen LogP contribution >= 0.6 is 11.6 Å². The van der Waals surface area contributed by atoms with Crippen LogP contribution in [0.1, 0.15) is 6.92 Å². The van der Waals surface area contributed by atoms with Gasteiger partial charge in [-0.25, -0.2) is 4.68 Å².